The zero-order valence-electron chi connectivity index (χ0n) is 6.81. The highest BCUT2D eigenvalue weighted by Crippen LogP contribution is 2.19. The molecule has 0 aromatic carbocycles. The van der Waals surface area contributed by atoms with Gasteiger partial charge in [0.1, 0.15) is 0 Å². The highest BCUT2D eigenvalue weighted by molar-refractivity contribution is 4.77. The molecule has 0 aliphatic carbocycles. The Morgan fingerprint density at radius 3 is 2.80 bits per heavy atom. The van der Waals surface area contributed by atoms with Crippen molar-refractivity contribution < 1.29 is 4.39 Å². The lowest BCUT2D eigenvalue weighted by Crippen LogP contribution is -2.26. The maximum atomic E-state index is 12.5. The first-order chi connectivity index (χ1) is 4.70. The number of likely N-dealkylation sites (tertiary alicyclic amines) is 1. The lowest BCUT2D eigenvalue weighted by atomic mass is 10.1. The van der Waals surface area contributed by atoms with Gasteiger partial charge in [-0.25, -0.2) is 4.39 Å². The lowest BCUT2D eigenvalue weighted by Gasteiger charge is -2.19. The second-order valence-electron chi connectivity index (χ2n) is 3.29. The Hall–Kier alpha value is -0.110. The van der Waals surface area contributed by atoms with Crippen molar-refractivity contribution >= 4 is 0 Å². The normalized spacial score (nSPS) is 30.9. The largest absolute Gasteiger partial charge is 0.303 e. The van der Waals surface area contributed by atoms with Crippen molar-refractivity contribution in [1.29, 1.82) is 0 Å². The fraction of sp³-hybridized carbons (Fsp3) is 1.00. The van der Waals surface area contributed by atoms with Crippen LogP contribution in [0, 0.1) is 0 Å². The number of halogens is 1. The van der Waals surface area contributed by atoms with Gasteiger partial charge in [0.15, 0.2) is 0 Å². The molecule has 0 aromatic rings. The van der Waals surface area contributed by atoms with Crippen molar-refractivity contribution in [2.75, 3.05) is 13.6 Å². The Balaban J connectivity index is 2.26. The molecule has 1 heterocycles. The van der Waals surface area contributed by atoms with Crippen molar-refractivity contribution in [2.45, 2.75) is 38.4 Å². The molecule has 10 heavy (non-hydrogen) atoms. The van der Waals surface area contributed by atoms with Gasteiger partial charge in [0, 0.05) is 6.04 Å². The Labute approximate surface area is 62.2 Å². The van der Waals surface area contributed by atoms with Gasteiger partial charge in [0.05, 0.1) is 6.17 Å². The highest BCUT2D eigenvalue weighted by Gasteiger charge is 2.22. The molecule has 2 atom stereocenters. The molecule has 2 heteroatoms. The van der Waals surface area contributed by atoms with Crippen LogP contribution in [0.2, 0.25) is 0 Å². The van der Waals surface area contributed by atoms with E-state index in [-0.39, 0.29) is 0 Å². The molecule has 0 amide bonds. The third-order valence-corrected chi connectivity index (χ3v) is 2.27. The number of hydrogen-bond acceptors (Lipinski definition) is 1. The van der Waals surface area contributed by atoms with Gasteiger partial charge in [-0.1, -0.05) is 0 Å². The van der Waals surface area contributed by atoms with Crippen LogP contribution in [0.3, 0.4) is 0 Å². The molecule has 60 valence electrons. The molecule has 0 saturated carbocycles. The van der Waals surface area contributed by atoms with Crippen LogP contribution in [-0.4, -0.2) is 30.7 Å². The van der Waals surface area contributed by atoms with E-state index in [1.807, 2.05) is 0 Å². The van der Waals surface area contributed by atoms with E-state index in [0.717, 1.165) is 13.0 Å². The van der Waals surface area contributed by atoms with Crippen molar-refractivity contribution in [1.82, 2.24) is 4.90 Å². The molecular formula is C8H16FN. The molecule has 1 fully saturated rings. The second-order valence-corrected chi connectivity index (χ2v) is 3.29. The van der Waals surface area contributed by atoms with Crippen LogP contribution in [0.5, 0.6) is 0 Å². The van der Waals surface area contributed by atoms with E-state index in [2.05, 4.69) is 11.9 Å². The number of rotatable bonds is 2. The lowest BCUT2D eigenvalue weighted by molar-refractivity contribution is 0.230. The first-order valence-electron chi connectivity index (χ1n) is 4.04. The molecule has 0 aromatic heterocycles. The van der Waals surface area contributed by atoms with Crippen LogP contribution >= 0.6 is 0 Å². The van der Waals surface area contributed by atoms with E-state index in [9.17, 15) is 4.39 Å². The van der Waals surface area contributed by atoms with Gasteiger partial charge in [-0.15, -0.1) is 0 Å². The summed E-state index contributed by atoms with van der Waals surface area (Å²) in [6.07, 6.45) is 2.51. The van der Waals surface area contributed by atoms with Gasteiger partial charge in [-0.05, 0) is 39.8 Å². The van der Waals surface area contributed by atoms with E-state index >= 15 is 0 Å². The van der Waals surface area contributed by atoms with Gasteiger partial charge < -0.3 is 4.90 Å². The fourth-order valence-corrected chi connectivity index (χ4v) is 1.65. The predicted molar refractivity (Wildman–Crippen MR) is 40.8 cm³/mol. The third kappa shape index (κ3) is 1.94. The summed E-state index contributed by atoms with van der Waals surface area (Å²) in [6, 6.07) is 0.514. The van der Waals surface area contributed by atoms with Crippen LogP contribution in [0.15, 0.2) is 0 Å². The molecular weight excluding hydrogens is 129 g/mol. The summed E-state index contributed by atoms with van der Waals surface area (Å²) >= 11 is 0. The van der Waals surface area contributed by atoms with E-state index in [0.29, 0.717) is 6.04 Å². The van der Waals surface area contributed by atoms with E-state index < -0.39 is 6.17 Å². The third-order valence-electron chi connectivity index (χ3n) is 2.27. The SMILES string of the molecule is CC(F)CC1CCCN1C. The molecule has 0 N–H and O–H groups in total. The smallest absolute Gasteiger partial charge is 0.0988 e. The van der Waals surface area contributed by atoms with Gasteiger partial charge in [-0.2, -0.15) is 0 Å². The molecule has 1 rings (SSSR count). The molecule has 1 aliphatic heterocycles. The van der Waals surface area contributed by atoms with Crippen LogP contribution in [-0.2, 0) is 0 Å². The summed E-state index contributed by atoms with van der Waals surface area (Å²) in [5.41, 5.74) is 0. The quantitative estimate of drug-likeness (QED) is 0.573. The number of alkyl halides is 1. The molecule has 2 unspecified atom stereocenters. The van der Waals surface area contributed by atoms with Crippen LogP contribution in [0.25, 0.3) is 0 Å². The molecule has 1 aliphatic rings. The minimum atomic E-state index is -0.634. The average Bonchev–Trinajstić information content (AvgIpc) is 2.15. The van der Waals surface area contributed by atoms with Crippen molar-refractivity contribution in [2.24, 2.45) is 0 Å². The predicted octanol–water partition coefficient (Wildman–Crippen LogP) is 1.83. The van der Waals surface area contributed by atoms with Gasteiger partial charge in [0.25, 0.3) is 0 Å². The summed E-state index contributed by atoms with van der Waals surface area (Å²) in [4.78, 5) is 2.26. The zero-order chi connectivity index (χ0) is 7.56. The summed E-state index contributed by atoms with van der Waals surface area (Å²) in [5, 5.41) is 0. The first-order valence-corrected chi connectivity index (χ1v) is 4.04. The Morgan fingerprint density at radius 2 is 2.40 bits per heavy atom. The van der Waals surface area contributed by atoms with Crippen LogP contribution in [0.1, 0.15) is 26.2 Å². The molecule has 0 bridgehead atoms. The Bertz CT molecular complexity index is 103. The zero-order valence-corrected chi connectivity index (χ0v) is 6.81. The minimum absolute atomic E-state index is 0.514. The Morgan fingerprint density at radius 1 is 1.70 bits per heavy atom. The summed E-state index contributed by atoms with van der Waals surface area (Å²) in [6.45, 7) is 2.80. The van der Waals surface area contributed by atoms with E-state index in [1.54, 1.807) is 6.92 Å². The van der Waals surface area contributed by atoms with Crippen molar-refractivity contribution in [3.05, 3.63) is 0 Å². The van der Waals surface area contributed by atoms with Gasteiger partial charge in [0.2, 0.25) is 0 Å². The van der Waals surface area contributed by atoms with E-state index in [1.165, 1.54) is 12.8 Å². The topological polar surface area (TPSA) is 3.24 Å². The second kappa shape index (κ2) is 3.33. The highest BCUT2D eigenvalue weighted by atomic mass is 19.1. The monoisotopic (exact) mass is 145 g/mol. The van der Waals surface area contributed by atoms with Crippen LogP contribution in [0.4, 0.5) is 4.39 Å². The molecule has 1 saturated heterocycles. The molecule has 1 nitrogen and oxygen atoms in total. The maximum absolute atomic E-state index is 12.5. The molecule has 0 spiro atoms. The maximum Gasteiger partial charge on any atom is 0.0988 e. The molecule has 0 radical (unpaired) electrons. The van der Waals surface area contributed by atoms with Crippen molar-refractivity contribution in [3.63, 3.8) is 0 Å². The number of nitrogens with zero attached hydrogens (tertiary/aromatic N) is 1. The standard InChI is InChI=1S/C8H16FN/c1-7(9)6-8-4-3-5-10(8)2/h7-8H,3-6H2,1-2H3. The van der Waals surface area contributed by atoms with Gasteiger partial charge in [-0.3, -0.25) is 0 Å². The summed E-state index contributed by atoms with van der Waals surface area (Å²) in [5.74, 6) is 0. The number of hydrogen-bond donors (Lipinski definition) is 0. The Kier molecular flexibility index (Phi) is 2.66. The average molecular weight is 145 g/mol. The van der Waals surface area contributed by atoms with Crippen molar-refractivity contribution in [3.8, 4) is 0 Å². The minimum Gasteiger partial charge on any atom is -0.303 e. The summed E-state index contributed by atoms with van der Waals surface area (Å²) < 4.78 is 12.5. The first kappa shape index (κ1) is 7.99. The van der Waals surface area contributed by atoms with E-state index in [4.69, 9.17) is 0 Å². The van der Waals surface area contributed by atoms with Crippen LogP contribution < -0.4 is 0 Å². The van der Waals surface area contributed by atoms with Gasteiger partial charge >= 0.3 is 0 Å². The summed E-state index contributed by atoms with van der Waals surface area (Å²) in [7, 11) is 2.08. The fourth-order valence-electron chi connectivity index (χ4n) is 1.65.